The zero-order valence-electron chi connectivity index (χ0n) is 11.8. The maximum absolute atomic E-state index is 12.1. The fourth-order valence-corrected chi connectivity index (χ4v) is 4.25. The smallest absolute Gasteiger partial charge is 0.222 e. The Morgan fingerprint density at radius 2 is 1.84 bits per heavy atom. The first-order valence-electron chi connectivity index (χ1n) is 7.43. The van der Waals surface area contributed by atoms with Crippen LogP contribution in [0.4, 0.5) is 0 Å². The second-order valence-electron chi connectivity index (χ2n) is 6.12. The van der Waals surface area contributed by atoms with Crippen LogP contribution in [0, 0.1) is 5.92 Å². The molecule has 2 aliphatic rings. The highest BCUT2D eigenvalue weighted by Crippen LogP contribution is 2.28. The number of amides is 1. The van der Waals surface area contributed by atoms with Crippen molar-refractivity contribution >= 4 is 15.7 Å². The molecule has 0 bridgehead atoms. The van der Waals surface area contributed by atoms with Gasteiger partial charge in [0.1, 0.15) is 0 Å². The highest BCUT2D eigenvalue weighted by Gasteiger charge is 2.32. The Morgan fingerprint density at radius 1 is 1.16 bits per heavy atom. The minimum absolute atomic E-state index is 0.150. The van der Waals surface area contributed by atoms with E-state index in [1.807, 2.05) is 0 Å². The summed E-state index contributed by atoms with van der Waals surface area (Å²) in [5, 5.41) is -0.342. The van der Waals surface area contributed by atoms with Crippen LogP contribution in [0.3, 0.4) is 0 Å². The molecule has 0 aromatic carbocycles. The molecule has 0 aromatic heterocycles. The largest absolute Gasteiger partial charge is 0.341 e. The van der Waals surface area contributed by atoms with Crippen LogP contribution in [0.15, 0.2) is 0 Å². The van der Waals surface area contributed by atoms with Crippen LogP contribution in [0.1, 0.15) is 51.4 Å². The van der Waals surface area contributed by atoms with Gasteiger partial charge in [-0.05, 0) is 18.8 Å². The lowest BCUT2D eigenvalue weighted by molar-refractivity contribution is -0.130. The Kier molecular flexibility index (Phi) is 4.87. The van der Waals surface area contributed by atoms with Gasteiger partial charge < -0.3 is 4.90 Å². The molecule has 0 aromatic rings. The van der Waals surface area contributed by atoms with Crippen molar-refractivity contribution in [3.8, 4) is 0 Å². The van der Waals surface area contributed by atoms with E-state index in [1.54, 1.807) is 4.90 Å². The number of likely N-dealkylation sites (tertiary alicyclic amines) is 1. The van der Waals surface area contributed by atoms with E-state index < -0.39 is 9.84 Å². The van der Waals surface area contributed by atoms with Crippen molar-refractivity contribution in [1.29, 1.82) is 0 Å². The normalized spacial score (nSPS) is 25.7. The summed E-state index contributed by atoms with van der Waals surface area (Å²) in [6.07, 6.45) is 9.93. The molecule has 0 spiro atoms. The van der Waals surface area contributed by atoms with E-state index in [9.17, 15) is 13.2 Å². The first-order valence-corrected chi connectivity index (χ1v) is 9.39. The van der Waals surface area contributed by atoms with Crippen molar-refractivity contribution < 1.29 is 13.2 Å². The van der Waals surface area contributed by atoms with Crippen molar-refractivity contribution in [1.82, 2.24) is 4.90 Å². The molecule has 0 N–H and O–H groups in total. The predicted molar refractivity (Wildman–Crippen MR) is 75.6 cm³/mol. The maximum atomic E-state index is 12.1. The summed E-state index contributed by atoms with van der Waals surface area (Å²) in [5.74, 6) is 0.864. The van der Waals surface area contributed by atoms with E-state index in [1.165, 1.54) is 38.4 Å². The number of carbonyl (C=O) groups is 1. The van der Waals surface area contributed by atoms with Gasteiger partial charge in [0.25, 0.3) is 0 Å². The van der Waals surface area contributed by atoms with Crippen molar-refractivity contribution in [2.24, 2.45) is 5.92 Å². The van der Waals surface area contributed by atoms with Gasteiger partial charge in [0.2, 0.25) is 5.91 Å². The molecular formula is C14H25NO3S. The topological polar surface area (TPSA) is 54.5 Å². The SMILES string of the molecule is CS(=O)(=O)[C@@H]1CCN(C(=O)CCC2CCCCC2)C1. The second-order valence-corrected chi connectivity index (χ2v) is 8.45. The van der Waals surface area contributed by atoms with Gasteiger partial charge >= 0.3 is 0 Å². The van der Waals surface area contributed by atoms with Crippen molar-refractivity contribution in [3.05, 3.63) is 0 Å². The third kappa shape index (κ3) is 4.20. The van der Waals surface area contributed by atoms with E-state index in [2.05, 4.69) is 0 Å². The van der Waals surface area contributed by atoms with Crippen LogP contribution in [0.5, 0.6) is 0 Å². The fraction of sp³-hybridized carbons (Fsp3) is 0.929. The van der Waals surface area contributed by atoms with Crippen molar-refractivity contribution in [2.75, 3.05) is 19.3 Å². The molecule has 110 valence electrons. The molecule has 1 amide bonds. The fourth-order valence-electron chi connectivity index (χ4n) is 3.27. The molecule has 1 heterocycles. The third-order valence-corrected chi connectivity index (χ3v) is 6.19. The Morgan fingerprint density at radius 3 is 2.42 bits per heavy atom. The predicted octanol–water partition coefficient (Wildman–Crippen LogP) is 1.99. The number of carbonyl (C=O) groups excluding carboxylic acids is 1. The Bertz CT molecular complexity index is 412. The molecule has 5 heteroatoms. The molecule has 1 aliphatic heterocycles. The lowest BCUT2D eigenvalue weighted by atomic mass is 9.86. The van der Waals surface area contributed by atoms with Crippen LogP contribution in [-0.4, -0.2) is 43.8 Å². The molecule has 19 heavy (non-hydrogen) atoms. The van der Waals surface area contributed by atoms with E-state index in [-0.39, 0.29) is 11.2 Å². The van der Waals surface area contributed by atoms with Gasteiger partial charge in [0.15, 0.2) is 9.84 Å². The summed E-state index contributed by atoms with van der Waals surface area (Å²) >= 11 is 0. The van der Waals surface area contributed by atoms with Gasteiger partial charge in [-0.15, -0.1) is 0 Å². The summed E-state index contributed by atoms with van der Waals surface area (Å²) in [6.45, 7) is 1.02. The summed E-state index contributed by atoms with van der Waals surface area (Å²) in [7, 11) is -3.00. The molecule has 0 radical (unpaired) electrons. The second kappa shape index (κ2) is 6.25. The van der Waals surface area contributed by atoms with Gasteiger partial charge in [-0.25, -0.2) is 8.42 Å². The molecule has 1 aliphatic carbocycles. The van der Waals surface area contributed by atoms with Gasteiger partial charge in [0.05, 0.1) is 5.25 Å². The van der Waals surface area contributed by atoms with E-state index in [0.717, 1.165) is 6.42 Å². The molecular weight excluding hydrogens is 262 g/mol. The van der Waals surface area contributed by atoms with E-state index in [0.29, 0.717) is 31.8 Å². The van der Waals surface area contributed by atoms with Crippen LogP contribution in [-0.2, 0) is 14.6 Å². The third-order valence-electron chi connectivity index (χ3n) is 4.59. The van der Waals surface area contributed by atoms with Gasteiger partial charge in [0, 0.05) is 25.8 Å². The molecule has 1 atom stereocenters. The number of sulfone groups is 1. The quantitative estimate of drug-likeness (QED) is 0.794. The highest BCUT2D eigenvalue weighted by molar-refractivity contribution is 7.91. The van der Waals surface area contributed by atoms with Gasteiger partial charge in [-0.3, -0.25) is 4.79 Å². The van der Waals surface area contributed by atoms with Gasteiger partial charge in [-0.2, -0.15) is 0 Å². The first-order chi connectivity index (χ1) is 8.97. The number of hydrogen-bond acceptors (Lipinski definition) is 3. The molecule has 1 saturated carbocycles. The molecule has 2 fully saturated rings. The Balaban J connectivity index is 1.75. The Labute approximate surface area is 116 Å². The van der Waals surface area contributed by atoms with Crippen LogP contribution >= 0.6 is 0 Å². The van der Waals surface area contributed by atoms with E-state index >= 15 is 0 Å². The van der Waals surface area contributed by atoms with Crippen LogP contribution in [0.25, 0.3) is 0 Å². The summed E-state index contributed by atoms with van der Waals surface area (Å²) in [4.78, 5) is 13.8. The van der Waals surface area contributed by atoms with Crippen LogP contribution in [0.2, 0.25) is 0 Å². The standard InChI is InChI=1S/C14H25NO3S/c1-19(17,18)13-9-10-15(11-13)14(16)8-7-12-5-3-2-4-6-12/h12-13H,2-11H2,1H3/t13-/m1/s1. The minimum Gasteiger partial charge on any atom is -0.341 e. The van der Waals surface area contributed by atoms with Gasteiger partial charge in [-0.1, -0.05) is 32.1 Å². The Hall–Kier alpha value is -0.580. The molecule has 0 unspecified atom stereocenters. The summed E-state index contributed by atoms with van der Waals surface area (Å²) < 4.78 is 22.9. The highest BCUT2D eigenvalue weighted by atomic mass is 32.2. The minimum atomic E-state index is -3.00. The average Bonchev–Trinajstić information content (AvgIpc) is 2.87. The molecule has 1 saturated heterocycles. The number of hydrogen-bond donors (Lipinski definition) is 0. The average molecular weight is 287 g/mol. The molecule has 2 rings (SSSR count). The number of nitrogens with zero attached hydrogens (tertiary/aromatic N) is 1. The zero-order valence-corrected chi connectivity index (χ0v) is 12.6. The maximum Gasteiger partial charge on any atom is 0.222 e. The summed E-state index contributed by atoms with van der Waals surface area (Å²) in [6, 6.07) is 0. The van der Waals surface area contributed by atoms with Crippen molar-refractivity contribution in [2.45, 2.75) is 56.6 Å². The van der Waals surface area contributed by atoms with E-state index in [4.69, 9.17) is 0 Å². The zero-order chi connectivity index (χ0) is 13.9. The summed E-state index contributed by atoms with van der Waals surface area (Å²) in [5.41, 5.74) is 0. The van der Waals surface area contributed by atoms with Crippen molar-refractivity contribution in [3.63, 3.8) is 0 Å². The first kappa shape index (κ1) is 14.8. The lowest BCUT2D eigenvalue weighted by Gasteiger charge is -2.22. The monoisotopic (exact) mass is 287 g/mol. The number of rotatable bonds is 4. The molecule has 4 nitrogen and oxygen atoms in total. The lowest BCUT2D eigenvalue weighted by Crippen LogP contribution is -2.31. The van der Waals surface area contributed by atoms with Crippen LogP contribution < -0.4 is 0 Å².